The van der Waals surface area contributed by atoms with Gasteiger partial charge in [0, 0.05) is 12.8 Å². The minimum absolute atomic E-state index is 0.275. The molecule has 7 atom stereocenters. The van der Waals surface area contributed by atoms with E-state index >= 15 is 0 Å². The van der Waals surface area contributed by atoms with Gasteiger partial charge in [-0.1, -0.05) is 13.8 Å². The maximum absolute atomic E-state index is 11.4. The Kier molecular flexibility index (Phi) is 6.90. The summed E-state index contributed by atoms with van der Waals surface area (Å²) in [6, 6.07) is -1.12. The van der Waals surface area contributed by atoms with E-state index in [1.165, 1.54) is 6.92 Å². The van der Waals surface area contributed by atoms with Crippen molar-refractivity contribution in [3.63, 3.8) is 0 Å². The Bertz CT molecular complexity index is 429. The van der Waals surface area contributed by atoms with E-state index in [9.17, 15) is 30.0 Å². The fourth-order valence-electron chi connectivity index (χ4n) is 2.95. The van der Waals surface area contributed by atoms with Gasteiger partial charge in [-0.25, -0.2) is 4.79 Å². The second kappa shape index (κ2) is 8.02. The molecule has 5 unspecified atom stereocenters. The minimum atomic E-state index is -1.68. The molecule has 1 aliphatic rings. The smallest absolute Gasteiger partial charge is 0.333 e. The number of aliphatic carboxylic acids is 1. The van der Waals surface area contributed by atoms with E-state index < -0.39 is 61.0 Å². The van der Waals surface area contributed by atoms with Crippen LogP contribution in [0, 0.1) is 11.8 Å². The number of hydrogen-bond acceptors (Lipinski definition) is 7. The molecule has 1 fully saturated rings. The molecule has 0 aromatic heterocycles. The normalized spacial score (nSPS) is 34.0. The van der Waals surface area contributed by atoms with Gasteiger partial charge in [-0.05, 0) is 5.92 Å². The van der Waals surface area contributed by atoms with Crippen molar-refractivity contribution >= 4 is 11.9 Å². The second-order valence-electron chi connectivity index (χ2n) is 6.14. The molecule has 0 aromatic carbocycles. The van der Waals surface area contributed by atoms with E-state index in [2.05, 4.69) is 5.32 Å². The Morgan fingerprint density at radius 3 is 2.22 bits per heavy atom. The summed E-state index contributed by atoms with van der Waals surface area (Å²) in [5.41, 5.74) is 0. The summed E-state index contributed by atoms with van der Waals surface area (Å²) < 4.78 is 5.40. The van der Waals surface area contributed by atoms with Crippen molar-refractivity contribution in [1.82, 2.24) is 5.32 Å². The Labute approximate surface area is 133 Å². The number of carboxylic acids is 1. The SMILES string of the molecule is CC(=O)NC1C(O)C(C(C)C)C(C(=O)O)OC1[C@H](O)[C@H](O)CO. The molecule has 134 valence electrons. The quantitative estimate of drug-likeness (QED) is 0.316. The molecule has 23 heavy (non-hydrogen) atoms. The molecule has 0 spiro atoms. The van der Waals surface area contributed by atoms with Crippen LogP contribution >= 0.6 is 0 Å². The van der Waals surface area contributed by atoms with Crippen molar-refractivity contribution in [1.29, 1.82) is 0 Å². The largest absolute Gasteiger partial charge is 0.479 e. The standard InChI is InChI=1S/C14H25NO8/c1-5(2)8-11(20)9(15-6(3)17)13(10(19)7(18)4-16)23-12(8)14(21)22/h5,7-13,16,18-20H,4H2,1-3H3,(H,15,17)(H,21,22)/t7-,8?,9?,10-,11?,12?,13?/m1/s1. The van der Waals surface area contributed by atoms with Crippen molar-refractivity contribution in [2.45, 2.75) is 57.3 Å². The lowest BCUT2D eigenvalue weighted by Gasteiger charge is -2.47. The number of rotatable bonds is 6. The summed E-state index contributed by atoms with van der Waals surface area (Å²) in [5, 5.41) is 50.9. The first kappa shape index (κ1) is 19.8. The van der Waals surface area contributed by atoms with E-state index in [1.54, 1.807) is 13.8 Å². The lowest BCUT2D eigenvalue weighted by Crippen LogP contribution is -2.67. The summed E-state index contributed by atoms with van der Waals surface area (Å²) >= 11 is 0. The molecule has 0 saturated carbocycles. The van der Waals surface area contributed by atoms with Gasteiger partial charge in [-0.15, -0.1) is 0 Å². The zero-order chi connectivity index (χ0) is 17.9. The van der Waals surface area contributed by atoms with Crippen LogP contribution in [0.25, 0.3) is 0 Å². The van der Waals surface area contributed by atoms with Gasteiger partial charge >= 0.3 is 5.97 Å². The third kappa shape index (κ3) is 4.39. The first-order valence-electron chi connectivity index (χ1n) is 7.42. The molecule has 1 rings (SSSR count). The molecule has 0 aromatic rings. The van der Waals surface area contributed by atoms with Gasteiger partial charge in [0.15, 0.2) is 6.10 Å². The van der Waals surface area contributed by atoms with Crippen LogP contribution in [0.1, 0.15) is 20.8 Å². The maximum Gasteiger partial charge on any atom is 0.333 e. The number of aliphatic hydroxyl groups excluding tert-OH is 4. The summed E-state index contributed by atoms with van der Waals surface area (Å²) in [4.78, 5) is 22.8. The Balaban J connectivity index is 3.19. The number of ether oxygens (including phenoxy) is 1. The van der Waals surface area contributed by atoms with Crippen molar-refractivity contribution in [2.24, 2.45) is 11.8 Å². The third-order valence-corrected chi connectivity index (χ3v) is 4.07. The fourth-order valence-corrected chi connectivity index (χ4v) is 2.95. The number of nitrogens with one attached hydrogen (secondary N) is 1. The van der Waals surface area contributed by atoms with Crippen LogP contribution in [0.3, 0.4) is 0 Å². The Hall–Kier alpha value is -1.26. The van der Waals surface area contributed by atoms with Gasteiger partial charge in [-0.3, -0.25) is 4.79 Å². The summed E-state index contributed by atoms with van der Waals surface area (Å²) in [7, 11) is 0. The molecule has 0 radical (unpaired) electrons. The zero-order valence-corrected chi connectivity index (χ0v) is 13.3. The van der Waals surface area contributed by atoms with Crippen molar-refractivity contribution in [2.75, 3.05) is 6.61 Å². The van der Waals surface area contributed by atoms with E-state index in [0.717, 1.165) is 0 Å². The molecular weight excluding hydrogens is 310 g/mol. The maximum atomic E-state index is 11.4. The number of carbonyl (C=O) groups excluding carboxylic acids is 1. The van der Waals surface area contributed by atoms with E-state index in [1.807, 2.05) is 0 Å². The predicted octanol–water partition coefficient (Wildman–Crippen LogP) is -2.31. The topological polar surface area (TPSA) is 157 Å². The lowest BCUT2D eigenvalue weighted by molar-refractivity contribution is -0.218. The van der Waals surface area contributed by atoms with Gasteiger partial charge in [0.1, 0.15) is 18.3 Å². The highest BCUT2D eigenvalue weighted by Gasteiger charge is 2.52. The molecule has 0 bridgehead atoms. The third-order valence-electron chi connectivity index (χ3n) is 4.07. The average Bonchev–Trinajstić information content (AvgIpc) is 2.46. The molecule has 1 saturated heterocycles. The molecule has 1 heterocycles. The van der Waals surface area contributed by atoms with Crippen LogP contribution in [-0.2, 0) is 14.3 Å². The second-order valence-corrected chi connectivity index (χ2v) is 6.14. The number of hydrogen-bond donors (Lipinski definition) is 6. The van der Waals surface area contributed by atoms with E-state index in [4.69, 9.17) is 9.84 Å². The molecule has 9 nitrogen and oxygen atoms in total. The highest BCUT2D eigenvalue weighted by Crippen LogP contribution is 2.33. The lowest BCUT2D eigenvalue weighted by atomic mass is 9.77. The molecule has 0 aliphatic carbocycles. The summed E-state index contributed by atoms with van der Waals surface area (Å²) in [6.45, 7) is 3.83. The van der Waals surface area contributed by atoms with Crippen LogP contribution in [0.4, 0.5) is 0 Å². The van der Waals surface area contributed by atoms with Crippen LogP contribution in [0.15, 0.2) is 0 Å². The minimum Gasteiger partial charge on any atom is -0.479 e. The van der Waals surface area contributed by atoms with Gasteiger partial charge < -0.3 is 35.6 Å². The van der Waals surface area contributed by atoms with Crippen molar-refractivity contribution in [3.8, 4) is 0 Å². The number of aliphatic hydroxyl groups is 4. The van der Waals surface area contributed by atoms with Crippen molar-refractivity contribution in [3.05, 3.63) is 0 Å². The highest BCUT2D eigenvalue weighted by atomic mass is 16.5. The van der Waals surface area contributed by atoms with Crippen molar-refractivity contribution < 1.29 is 39.9 Å². The van der Waals surface area contributed by atoms with E-state index in [0.29, 0.717) is 0 Å². The Morgan fingerprint density at radius 2 is 1.83 bits per heavy atom. The number of carboxylic acid groups (broad SMARTS) is 1. The van der Waals surface area contributed by atoms with Crippen LogP contribution < -0.4 is 5.32 Å². The van der Waals surface area contributed by atoms with E-state index in [-0.39, 0.29) is 5.92 Å². The van der Waals surface area contributed by atoms with Gasteiger partial charge in [0.05, 0.1) is 18.8 Å². The summed E-state index contributed by atoms with van der Waals surface area (Å²) in [5.74, 6) is -2.92. The predicted molar refractivity (Wildman–Crippen MR) is 77.3 cm³/mol. The van der Waals surface area contributed by atoms with Crippen LogP contribution in [-0.4, -0.2) is 80.6 Å². The van der Waals surface area contributed by atoms with Gasteiger partial charge in [0.2, 0.25) is 5.91 Å². The van der Waals surface area contributed by atoms with Gasteiger partial charge in [0.25, 0.3) is 0 Å². The Morgan fingerprint density at radius 1 is 1.26 bits per heavy atom. The first-order valence-corrected chi connectivity index (χ1v) is 7.42. The molecule has 1 aliphatic heterocycles. The average molecular weight is 335 g/mol. The number of carbonyl (C=O) groups is 2. The monoisotopic (exact) mass is 335 g/mol. The first-order chi connectivity index (χ1) is 10.6. The molecule has 1 amide bonds. The van der Waals surface area contributed by atoms with Gasteiger partial charge in [-0.2, -0.15) is 0 Å². The number of amides is 1. The molecular formula is C14H25NO8. The summed E-state index contributed by atoms with van der Waals surface area (Å²) in [6.07, 6.45) is -7.39. The van der Waals surface area contributed by atoms with Crippen LogP contribution in [0.5, 0.6) is 0 Å². The molecule has 9 heteroatoms. The highest BCUT2D eigenvalue weighted by molar-refractivity contribution is 5.74. The fraction of sp³-hybridized carbons (Fsp3) is 0.857. The zero-order valence-electron chi connectivity index (χ0n) is 13.3. The molecule has 6 N–H and O–H groups in total. The van der Waals surface area contributed by atoms with Crippen LogP contribution in [0.2, 0.25) is 0 Å².